The standard InChI is InChI=1S/C25H22N4O5/c1-13(31)27-20-8-4-6-16-18(11-29(23(16)20)10-14(32)12-30)22-21(24(33)28-25(22)34)17-9-26-19-7-3-2-5-15(17)19/h2-9,11,14,26,30,32H,10,12H2,1H3,(H,27,31)(H,28,33,34). The maximum absolute atomic E-state index is 13.1. The van der Waals surface area contributed by atoms with E-state index in [1.54, 1.807) is 35.2 Å². The van der Waals surface area contributed by atoms with Crippen LogP contribution in [0, 0.1) is 0 Å². The van der Waals surface area contributed by atoms with Gasteiger partial charge in [0, 0.05) is 46.7 Å². The second kappa shape index (κ2) is 8.29. The summed E-state index contributed by atoms with van der Waals surface area (Å²) >= 11 is 0. The van der Waals surface area contributed by atoms with Crippen LogP contribution in [0.3, 0.4) is 0 Å². The van der Waals surface area contributed by atoms with Gasteiger partial charge in [0.2, 0.25) is 5.91 Å². The number of anilines is 1. The van der Waals surface area contributed by atoms with Crippen LogP contribution in [0.4, 0.5) is 5.69 Å². The fraction of sp³-hybridized carbons (Fsp3) is 0.160. The lowest BCUT2D eigenvalue weighted by Crippen LogP contribution is -2.22. The minimum atomic E-state index is -1.06. The van der Waals surface area contributed by atoms with E-state index in [9.17, 15) is 24.6 Å². The van der Waals surface area contributed by atoms with Crippen LogP contribution in [0.5, 0.6) is 0 Å². The van der Waals surface area contributed by atoms with Crippen LogP contribution in [0.15, 0.2) is 54.9 Å². The van der Waals surface area contributed by atoms with Crippen LogP contribution < -0.4 is 10.6 Å². The Morgan fingerprint density at radius 1 is 1.03 bits per heavy atom. The van der Waals surface area contributed by atoms with Crippen LogP contribution in [0.1, 0.15) is 18.1 Å². The molecule has 0 radical (unpaired) electrons. The molecule has 172 valence electrons. The summed E-state index contributed by atoms with van der Waals surface area (Å²) in [7, 11) is 0. The molecule has 3 heterocycles. The molecular formula is C25H22N4O5. The van der Waals surface area contributed by atoms with Crippen LogP contribution in [-0.2, 0) is 20.9 Å². The molecule has 5 rings (SSSR count). The number of hydrogen-bond acceptors (Lipinski definition) is 5. The molecule has 0 saturated heterocycles. The first-order valence-corrected chi connectivity index (χ1v) is 10.7. The minimum Gasteiger partial charge on any atom is -0.394 e. The molecule has 1 unspecified atom stereocenters. The lowest BCUT2D eigenvalue weighted by Gasteiger charge is -2.12. The Morgan fingerprint density at radius 2 is 1.74 bits per heavy atom. The Kier molecular flexibility index (Phi) is 5.27. The van der Waals surface area contributed by atoms with Gasteiger partial charge >= 0.3 is 0 Å². The molecule has 0 spiro atoms. The van der Waals surface area contributed by atoms with Crippen LogP contribution in [-0.4, -0.2) is 50.2 Å². The minimum absolute atomic E-state index is 0.0227. The molecule has 0 saturated carbocycles. The smallest absolute Gasteiger partial charge is 0.259 e. The van der Waals surface area contributed by atoms with Gasteiger partial charge in [0.05, 0.1) is 41.6 Å². The number of carbonyl (C=O) groups is 3. The van der Waals surface area contributed by atoms with Crippen molar-refractivity contribution in [1.29, 1.82) is 0 Å². The highest BCUT2D eigenvalue weighted by atomic mass is 16.3. The van der Waals surface area contributed by atoms with E-state index < -0.39 is 24.5 Å². The van der Waals surface area contributed by atoms with E-state index in [0.717, 1.165) is 10.9 Å². The number of amides is 3. The highest BCUT2D eigenvalue weighted by Crippen LogP contribution is 2.39. The first kappa shape index (κ1) is 21.6. The van der Waals surface area contributed by atoms with E-state index in [1.165, 1.54) is 6.92 Å². The fourth-order valence-electron chi connectivity index (χ4n) is 4.53. The van der Waals surface area contributed by atoms with Crippen molar-refractivity contribution in [2.75, 3.05) is 11.9 Å². The molecule has 9 heteroatoms. The zero-order valence-corrected chi connectivity index (χ0v) is 18.3. The predicted molar refractivity (Wildman–Crippen MR) is 128 cm³/mol. The third-order valence-electron chi connectivity index (χ3n) is 5.89. The van der Waals surface area contributed by atoms with Gasteiger partial charge in [-0.2, -0.15) is 0 Å². The van der Waals surface area contributed by atoms with Crippen molar-refractivity contribution in [3.63, 3.8) is 0 Å². The number of aromatic amines is 1. The van der Waals surface area contributed by atoms with Gasteiger partial charge in [0.25, 0.3) is 11.8 Å². The van der Waals surface area contributed by atoms with E-state index in [2.05, 4.69) is 15.6 Å². The van der Waals surface area contributed by atoms with Crippen molar-refractivity contribution < 1.29 is 24.6 Å². The van der Waals surface area contributed by atoms with Gasteiger partial charge in [-0.05, 0) is 12.1 Å². The van der Waals surface area contributed by atoms with Gasteiger partial charge in [-0.25, -0.2) is 0 Å². The number of nitrogens with one attached hydrogen (secondary N) is 3. The summed E-state index contributed by atoms with van der Waals surface area (Å²) in [5.41, 5.74) is 3.42. The summed E-state index contributed by atoms with van der Waals surface area (Å²) < 4.78 is 1.67. The molecule has 0 aliphatic carbocycles. The Hall–Kier alpha value is -4.21. The molecule has 9 nitrogen and oxygen atoms in total. The second-order valence-electron chi connectivity index (χ2n) is 8.20. The van der Waals surface area contributed by atoms with Crippen molar-refractivity contribution in [2.24, 2.45) is 0 Å². The summed E-state index contributed by atoms with van der Waals surface area (Å²) in [6.45, 7) is 0.949. The highest BCUT2D eigenvalue weighted by molar-refractivity contribution is 6.50. The summed E-state index contributed by atoms with van der Waals surface area (Å²) in [6.07, 6.45) is 2.31. The number of aromatic nitrogens is 2. The predicted octanol–water partition coefficient (Wildman–Crippen LogP) is 2.00. The number of para-hydroxylation sites is 2. The van der Waals surface area contributed by atoms with Crippen molar-refractivity contribution >= 4 is 56.4 Å². The Morgan fingerprint density at radius 3 is 2.47 bits per heavy atom. The van der Waals surface area contributed by atoms with Crippen molar-refractivity contribution in [3.8, 4) is 0 Å². The zero-order valence-electron chi connectivity index (χ0n) is 18.3. The quantitative estimate of drug-likeness (QED) is 0.282. The van der Waals surface area contributed by atoms with Gasteiger partial charge in [-0.15, -0.1) is 0 Å². The normalized spacial score (nSPS) is 14.8. The molecule has 2 aromatic heterocycles. The number of rotatable bonds is 6. The number of hydrogen-bond donors (Lipinski definition) is 5. The largest absolute Gasteiger partial charge is 0.394 e. The van der Waals surface area contributed by atoms with Crippen LogP contribution >= 0.6 is 0 Å². The summed E-state index contributed by atoms with van der Waals surface area (Å²) in [5, 5.41) is 26.1. The zero-order chi connectivity index (χ0) is 24.0. The van der Waals surface area contributed by atoms with Crippen LogP contribution in [0.25, 0.3) is 33.0 Å². The maximum atomic E-state index is 13.1. The number of carbonyl (C=O) groups excluding carboxylic acids is 3. The second-order valence-corrected chi connectivity index (χ2v) is 8.20. The van der Waals surface area contributed by atoms with E-state index in [4.69, 9.17) is 0 Å². The van der Waals surface area contributed by atoms with Crippen LogP contribution in [0.2, 0.25) is 0 Å². The number of benzene rings is 2. The topological polar surface area (TPSA) is 136 Å². The summed E-state index contributed by atoms with van der Waals surface area (Å²) in [6, 6.07) is 12.7. The van der Waals surface area contributed by atoms with Gasteiger partial charge in [-0.1, -0.05) is 30.3 Å². The van der Waals surface area contributed by atoms with Gasteiger partial charge in [-0.3, -0.25) is 19.7 Å². The first-order valence-electron chi connectivity index (χ1n) is 10.7. The molecule has 1 aliphatic heterocycles. The van der Waals surface area contributed by atoms with Crippen molar-refractivity contribution in [1.82, 2.24) is 14.9 Å². The Balaban J connectivity index is 1.81. The van der Waals surface area contributed by atoms with E-state index in [0.29, 0.717) is 27.7 Å². The Labute approximate surface area is 193 Å². The van der Waals surface area contributed by atoms with Gasteiger partial charge < -0.3 is 25.1 Å². The van der Waals surface area contributed by atoms with E-state index in [1.807, 2.05) is 24.3 Å². The number of fused-ring (bicyclic) bond motifs is 2. The van der Waals surface area contributed by atoms with E-state index in [-0.39, 0.29) is 23.6 Å². The summed E-state index contributed by atoms with van der Waals surface area (Å²) in [4.78, 5) is 40.9. The lowest BCUT2D eigenvalue weighted by molar-refractivity contribution is -0.123. The first-order chi connectivity index (χ1) is 16.4. The number of nitrogens with zero attached hydrogens (tertiary/aromatic N) is 1. The molecule has 1 atom stereocenters. The number of H-pyrrole nitrogens is 1. The number of imide groups is 1. The van der Waals surface area contributed by atoms with E-state index >= 15 is 0 Å². The number of aliphatic hydroxyl groups is 2. The third kappa shape index (κ3) is 3.47. The molecule has 1 aliphatic rings. The molecular weight excluding hydrogens is 436 g/mol. The molecule has 34 heavy (non-hydrogen) atoms. The number of aliphatic hydroxyl groups excluding tert-OH is 2. The monoisotopic (exact) mass is 458 g/mol. The Bertz CT molecular complexity index is 1510. The molecule has 5 N–H and O–H groups in total. The lowest BCUT2D eigenvalue weighted by atomic mass is 9.95. The van der Waals surface area contributed by atoms with Crippen molar-refractivity contribution in [2.45, 2.75) is 19.6 Å². The molecule has 2 aromatic carbocycles. The average molecular weight is 458 g/mol. The molecule has 0 bridgehead atoms. The third-order valence-corrected chi connectivity index (χ3v) is 5.89. The maximum Gasteiger partial charge on any atom is 0.259 e. The molecule has 0 fully saturated rings. The van der Waals surface area contributed by atoms with Gasteiger partial charge in [0.1, 0.15) is 0 Å². The average Bonchev–Trinajstić information content (AvgIpc) is 3.46. The van der Waals surface area contributed by atoms with Crippen molar-refractivity contribution in [3.05, 3.63) is 66.0 Å². The highest BCUT2D eigenvalue weighted by Gasteiger charge is 2.35. The molecule has 4 aromatic rings. The molecule has 3 amide bonds. The SMILES string of the molecule is CC(=O)Nc1cccc2c(C3=C(c4c[nH]c5ccccc45)C(=O)NC3=O)cn(CC(O)CO)c12. The fourth-order valence-corrected chi connectivity index (χ4v) is 4.53. The summed E-state index contributed by atoms with van der Waals surface area (Å²) in [5.74, 6) is -1.31. The van der Waals surface area contributed by atoms with Gasteiger partial charge in [0.15, 0.2) is 0 Å².